The molecule has 0 bridgehead atoms. The summed E-state index contributed by atoms with van der Waals surface area (Å²) in [6.07, 6.45) is 0. The van der Waals surface area contributed by atoms with Crippen LogP contribution in [0.25, 0.3) is 22.7 Å². The number of aromatic nitrogens is 1. The fourth-order valence-corrected chi connectivity index (χ4v) is 5.49. The van der Waals surface area contributed by atoms with Crippen LogP contribution in [0.2, 0.25) is 0 Å². The number of esters is 4. The van der Waals surface area contributed by atoms with Crippen LogP contribution in [0.1, 0.15) is 54.8 Å². The van der Waals surface area contributed by atoms with Crippen molar-refractivity contribution in [3.05, 3.63) is 149 Å². The number of anilines is 1. The molecule has 254 valence electrons. The lowest BCUT2D eigenvalue weighted by Crippen LogP contribution is -2.22. The number of carbonyl (C=O) groups excluding carboxylic acids is 4. The van der Waals surface area contributed by atoms with E-state index in [9.17, 15) is 19.2 Å². The number of nitrogens with zero attached hydrogens (tertiary/aromatic N) is 1. The molecule has 50 heavy (non-hydrogen) atoms. The number of hydrogen-bond acceptors (Lipinski definition) is 9. The first-order valence-corrected chi connectivity index (χ1v) is 15.8. The number of para-hydroxylation sites is 1. The van der Waals surface area contributed by atoms with Crippen LogP contribution >= 0.6 is 0 Å². The molecule has 0 fully saturated rings. The largest absolute Gasteiger partial charge is 0.465 e. The SMILES string of the molecule is CCOC(=O)COC(=O)c1c(C(=O)OC)c(C(=O)OC)c(-c2ccc(C)cc2)n1/C(=C(\Nc1ccccc1)c1ccccc1)c1ccccc1. The molecule has 0 saturated heterocycles. The fourth-order valence-electron chi connectivity index (χ4n) is 5.49. The maximum atomic E-state index is 14.4. The van der Waals surface area contributed by atoms with Crippen LogP contribution in [0.15, 0.2) is 115 Å². The average molecular weight is 673 g/mol. The monoisotopic (exact) mass is 672 g/mol. The number of hydrogen-bond donors (Lipinski definition) is 1. The van der Waals surface area contributed by atoms with E-state index in [-0.39, 0.29) is 23.6 Å². The van der Waals surface area contributed by atoms with Crippen molar-refractivity contribution in [3.63, 3.8) is 0 Å². The average Bonchev–Trinajstić information content (AvgIpc) is 3.50. The van der Waals surface area contributed by atoms with Crippen molar-refractivity contribution in [1.82, 2.24) is 4.57 Å². The maximum Gasteiger partial charge on any atom is 0.356 e. The molecule has 0 atom stereocenters. The summed E-state index contributed by atoms with van der Waals surface area (Å²) in [5.41, 5.74) is 3.50. The summed E-state index contributed by atoms with van der Waals surface area (Å²) in [6, 6.07) is 35.2. The molecule has 10 nitrogen and oxygen atoms in total. The molecule has 0 aliphatic heterocycles. The van der Waals surface area contributed by atoms with E-state index in [1.807, 2.05) is 110 Å². The molecular formula is C40H36N2O8. The molecule has 5 aromatic rings. The molecule has 10 heteroatoms. The van der Waals surface area contributed by atoms with E-state index in [2.05, 4.69) is 5.32 Å². The number of methoxy groups -OCH3 is 2. The quantitative estimate of drug-likeness (QED) is 0.0830. The fraction of sp³-hybridized carbons (Fsp3) is 0.150. The number of ether oxygens (including phenoxy) is 4. The number of carbonyl (C=O) groups is 4. The van der Waals surface area contributed by atoms with Gasteiger partial charge in [-0.2, -0.15) is 0 Å². The van der Waals surface area contributed by atoms with Gasteiger partial charge in [0.2, 0.25) is 0 Å². The molecule has 0 amide bonds. The zero-order chi connectivity index (χ0) is 35.6. The molecule has 1 N–H and O–H groups in total. The van der Waals surface area contributed by atoms with Crippen molar-refractivity contribution >= 4 is 41.0 Å². The Kier molecular flexibility index (Phi) is 11.3. The number of nitrogens with one attached hydrogen (secondary N) is 1. The lowest BCUT2D eigenvalue weighted by Gasteiger charge is -2.23. The molecule has 1 heterocycles. The van der Waals surface area contributed by atoms with Gasteiger partial charge in [-0.1, -0.05) is 109 Å². The van der Waals surface area contributed by atoms with Gasteiger partial charge in [0, 0.05) is 16.8 Å². The number of rotatable bonds is 12. The Labute approximate surface area is 289 Å². The maximum absolute atomic E-state index is 14.4. The minimum absolute atomic E-state index is 0.0662. The summed E-state index contributed by atoms with van der Waals surface area (Å²) in [5.74, 6) is -3.77. The molecule has 1 aromatic heterocycles. The van der Waals surface area contributed by atoms with Crippen LogP contribution in [-0.4, -0.2) is 55.9 Å². The minimum atomic E-state index is -1.08. The molecule has 0 radical (unpaired) electrons. The third-order valence-corrected chi connectivity index (χ3v) is 7.71. The predicted molar refractivity (Wildman–Crippen MR) is 189 cm³/mol. The van der Waals surface area contributed by atoms with Crippen LogP contribution in [0.5, 0.6) is 0 Å². The summed E-state index contributed by atoms with van der Waals surface area (Å²) in [4.78, 5) is 54.4. The van der Waals surface area contributed by atoms with Crippen molar-refractivity contribution in [1.29, 1.82) is 0 Å². The van der Waals surface area contributed by atoms with E-state index in [1.54, 1.807) is 19.1 Å². The number of aryl methyl sites for hydroxylation is 1. The van der Waals surface area contributed by atoms with E-state index in [0.29, 0.717) is 28.1 Å². The molecular weight excluding hydrogens is 636 g/mol. The second-order valence-corrected chi connectivity index (χ2v) is 11.0. The van der Waals surface area contributed by atoms with Gasteiger partial charge in [-0.25, -0.2) is 19.2 Å². The van der Waals surface area contributed by atoms with E-state index < -0.39 is 36.0 Å². The lowest BCUT2D eigenvalue weighted by molar-refractivity contribution is -0.146. The Morgan fingerprint density at radius 2 is 1.18 bits per heavy atom. The molecule has 0 aliphatic carbocycles. The minimum Gasteiger partial charge on any atom is -0.465 e. The Bertz CT molecular complexity index is 2020. The Morgan fingerprint density at radius 1 is 0.640 bits per heavy atom. The molecule has 0 aliphatic rings. The standard InChI is InChI=1S/C40H36N2O8/c1-5-49-31(43)25-50-40(46)37-33(39(45)48-4)32(38(44)47-3)35(29-23-21-26(2)22-24-29)42(37)36(28-17-11-7-12-18-28)34(27-15-9-6-10-16-27)41-30-19-13-8-14-20-30/h6-24,41H,5,25H2,1-4H3/b36-34-. The van der Waals surface area contributed by atoms with Crippen LogP contribution in [0.4, 0.5) is 5.69 Å². The highest BCUT2D eigenvalue weighted by atomic mass is 16.6. The van der Waals surface area contributed by atoms with Gasteiger partial charge in [0.15, 0.2) is 6.61 Å². The van der Waals surface area contributed by atoms with Crippen molar-refractivity contribution in [2.24, 2.45) is 0 Å². The highest BCUT2D eigenvalue weighted by molar-refractivity contribution is 6.16. The van der Waals surface area contributed by atoms with Crippen LogP contribution < -0.4 is 5.32 Å². The Balaban J connectivity index is 2.03. The first kappa shape index (κ1) is 34.9. The lowest BCUT2D eigenvalue weighted by atomic mass is 10.0. The van der Waals surface area contributed by atoms with Crippen molar-refractivity contribution in [2.45, 2.75) is 13.8 Å². The van der Waals surface area contributed by atoms with Crippen molar-refractivity contribution < 1.29 is 38.1 Å². The van der Waals surface area contributed by atoms with Crippen molar-refractivity contribution in [3.8, 4) is 11.3 Å². The van der Waals surface area contributed by atoms with Gasteiger partial charge in [0.1, 0.15) is 16.8 Å². The Hall–Kier alpha value is -6.42. The normalized spacial score (nSPS) is 11.2. The molecule has 4 aromatic carbocycles. The summed E-state index contributed by atoms with van der Waals surface area (Å²) < 4.78 is 22.4. The van der Waals surface area contributed by atoms with Crippen LogP contribution in [-0.2, 0) is 23.7 Å². The highest BCUT2D eigenvalue weighted by Crippen LogP contribution is 2.41. The third kappa shape index (κ3) is 7.50. The number of benzene rings is 4. The van der Waals surface area contributed by atoms with E-state index in [0.717, 1.165) is 18.4 Å². The predicted octanol–water partition coefficient (Wildman–Crippen LogP) is 7.24. The zero-order valence-corrected chi connectivity index (χ0v) is 28.1. The summed E-state index contributed by atoms with van der Waals surface area (Å²) in [7, 11) is 2.32. The third-order valence-electron chi connectivity index (χ3n) is 7.71. The first-order valence-electron chi connectivity index (χ1n) is 15.8. The van der Waals surface area contributed by atoms with Crippen LogP contribution in [0.3, 0.4) is 0 Å². The van der Waals surface area contributed by atoms with Crippen LogP contribution in [0, 0.1) is 6.92 Å². The first-order chi connectivity index (χ1) is 24.3. The second kappa shape index (κ2) is 16.1. The molecule has 0 saturated carbocycles. The summed E-state index contributed by atoms with van der Waals surface area (Å²) >= 11 is 0. The van der Waals surface area contributed by atoms with E-state index >= 15 is 0 Å². The van der Waals surface area contributed by atoms with Gasteiger partial charge in [0.05, 0.1) is 37.9 Å². The topological polar surface area (TPSA) is 122 Å². The summed E-state index contributed by atoms with van der Waals surface area (Å²) in [6.45, 7) is 2.86. The van der Waals surface area contributed by atoms with Crippen molar-refractivity contribution in [2.75, 3.05) is 32.8 Å². The Morgan fingerprint density at radius 3 is 1.74 bits per heavy atom. The molecule has 0 spiro atoms. The zero-order valence-electron chi connectivity index (χ0n) is 28.1. The molecule has 0 unspecified atom stereocenters. The van der Waals surface area contributed by atoms with E-state index in [4.69, 9.17) is 18.9 Å². The van der Waals surface area contributed by atoms with E-state index in [1.165, 1.54) is 11.7 Å². The van der Waals surface area contributed by atoms with Gasteiger partial charge in [-0.15, -0.1) is 0 Å². The summed E-state index contributed by atoms with van der Waals surface area (Å²) in [5, 5.41) is 3.53. The van der Waals surface area contributed by atoms with Gasteiger partial charge in [0.25, 0.3) is 0 Å². The molecule has 5 rings (SSSR count). The van der Waals surface area contributed by atoms with Gasteiger partial charge in [-0.05, 0) is 31.5 Å². The smallest absolute Gasteiger partial charge is 0.356 e. The van der Waals surface area contributed by atoms with Gasteiger partial charge in [-0.3, -0.25) is 4.57 Å². The van der Waals surface area contributed by atoms with Gasteiger partial charge >= 0.3 is 23.9 Å². The highest BCUT2D eigenvalue weighted by Gasteiger charge is 2.39. The van der Waals surface area contributed by atoms with Gasteiger partial charge < -0.3 is 24.3 Å². The second-order valence-electron chi connectivity index (χ2n) is 11.0.